The van der Waals surface area contributed by atoms with Crippen LogP contribution in [0.15, 0.2) is 57.8 Å². The van der Waals surface area contributed by atoms with Crippen molar-refractivity contribution in [3.8, 4) is 6.07 Å². The first-order chi connectivity index (χ1) is 17.0. The summed E-state index contributed by atoms with van der Waals surface area (Å²) in [7, 11) is 0. The smallest absolute Gasteiger partial charge is 0.222 e. The Kier molecular flexibility index (Phi) is 12.1. The molecule has 2 aromatic carbocycles. The van der Waals surface area contributed by atoms with Crippen molar-refractivity contribution in [2.75, 3.05) is 39.3 Å². The Labute approximate surface area is 207 Å². The predicted molar refractivity (Wildman–Crippen MR) is 137 cm³/mol. The summed E-state index contributed by atoms with van der Waals surface area (Å²) < 4.78 is 0. The molecule has 0 spiro atoms. The number of carbonyl (C=O) groups excluding carboxylic acids is 1. The number of aliphatic imine (C=N–C) groups is 1. The van der Waals surface area contributed by atoms with E-state index in [-0.39, 0.29) is 12.5 Å². The van der Waals surface area contributed by atoms with Crippen LogP contribution in [0.2, 0.25) is 0 Å². The van der Waals surface area contributed by atoms with Gasteiger partial charge in [-0.05, 0) is 49.1 Å². The quantitative estimate of drug-likeness (QED) is 0.198. The minimum Gasteiger partial charge on any atom is -0.396 e. The van der Waals surface area contributed by atoms with E-state index in [2.05, 4.69) is 26.3 Å². The summed E-state index contributed by atoms with van der Waals surface area (Å²) in [6.07, 6.45) is 3.28. The summed E-state index contributed by atoms with van der Waals surface area (Å²) >= 11 is 0. The fraction of sp³-hybridized carbons (Fsp3) is 0.423. The molecule has 0 saturated carbocycles. The maximum absolute atomic E-state index is 11.7. The largest absolute Gasteiger partial charge is 0.396 e. The van der Waals surface area contributed by atoms with Crippen molar-refractivity contribution in [2.24, 2.45) is 21.2 Å². The number of nitrogens with two attached hydrogens (primary N) is 1. The van der Waals surface area contributed by atoms with E-state index in [1.54, 1.807) is 0 Å². The highest BCUT2D eigenvalue weighted by Gasteiger charge is 2.20. The van der Waals surface area contributed by atoms with Gasteiger partial charge in [-0.3, -0.25) is 9.69 Å². The Morgan fingerprint density at radius 1 is 1.14 bits per heavy atom. The zero-order chi connectivity index (χ0) is 25.5. The molecule has 1 aliphatic heterocycles. The number of nitrogens with zero attached hydrogens (tertiary/aromatic N) is 6. The molecule has 0 atom stereocenters. The van der Waals surface area contributed by atoms with Crippen LogP contribution in [0.3, 0.4) is 0 Å². The summed E-state index contributed by atoms with van der Waals surface area (Å²) in [4.78, 5) is 20.0. The zero-order valence-corrected chi connectivity index (χ0v) is 20.6. The van der Waals surface area contributed by atoms with E-state index in [1.807, 2.05) is 61.2 Å². The molecular formula is C26H35N7O2. The molecule has 1 fully saturated rings. The third-order valence-corrected chi connectivity index (χ3v) is 5.84. The maximum atomic E-state index is 11.7. The molecule has 0 bridgehead atoms. The van der Waals surface area contributed by atoms with Gasteiger partial charge in [-0.25, -0.2) is 4.99 Å². The molecule has 35 heavy (non-hydrogen) atoms. The highest BCUT2D eigenvalue weighted by molar-refractivity contribution is 5.75. The van der Waals surface area contributed by atoms with Crippen molar-refractivity contribution < 1.29 is 9.90 Å². The van der Waals surface area contributed by atoms with Crippen LogP contribution in [0.1, 0.15) is 35.6 Å². The molecule has 0 aliphatic carbocycles. The molecule has 1 aliphatic rings. The number of nitriles is 1. The van der Waals surface area contributed by atoms with Crippen LogP contribution in [0.5, 0.6) is 0 Å². The van der Waals surface area contributed by atoms with Gasteiger partial charge in [0.2, 0.25) is 5.91 Å². The lowest BCUT2D eigenvalue weighted by atomic mass is 9.97. The average molecular weight is 478 g/mol. The van der Waals surface area contributed by atoms with Gasteiger partial charge < -0.3 is 15.8 Å². The van der Waals surface area contributed by atoms with Crippen molar-refractivity contribution in [1.29, 1.82) is 5.26 Å². The van der Waals surface area contributed by atoms with E-state index in [4.69, 9.17) is 5.84 Å². The minimum atomic E-state index is 0.0590. The first-order valence-corrected chi connectivity index (χ1v) is 11.8. The monoisotopic (exact) mass is 477 g/mol. The molecular weight excluding hydrogens is 442 g/mol. The molecule has 3 N–H and O–H groups in total. The second-order valence-corrected chi connectivity index (χ2v) is 8.17. The SMILES string of the molecule is CCC(=O)N1CCN(CCc2cccc(C#N)c2CCO)CC1.Cc1ccc(N=CN=NN)cc1. The van der Waals surface area contributed by atoms with Crippen LogP contribution < -0.4 is 5.84 Å². The summed E-state index contributed by atoms with van der Waals surface area (Å²) in [6, 6.07) is 15.7. The second-order valence-electron chi connectivity index (χ2n) is 8.17. The minimum absolute atomic E-state index is 0.0590. The Bertz CT molecular complexity index is 1020. The zero-order valence-electron chi connectivity index (χ0n) is 20.6. The third kappa shape index (κ3) is 9.27. The molecule has 0 aromatic heterocycles. The first-order valence-electron chi connectivity index (χ1n) is 11.8. The number of rotatable bonds is 8. The van der Waals surface area contributed by atoms with Gasteiger partial charge in [0.15, 0.2) is 0 Å². The fourth-order valence-electron chi connectivity index (χ4n) is 3.86. The summed E-state index contributed by atoms with van der Waals surface area (Å²) in [5.74, 6) is 5.02. The van der Waals surface area contributed by atoms with E-state index >= 15 is 0 Å². The van der Waals surface area contributed by atoms with Crippen molar-refractivity contribution in [1.82, 2.24) is 9.80 Å². The Balaban J connectivity index is 0.000000303. The number of hydrogen-bond donors (Lipinski definition) is 2. The van der Waals surface area contributed by atoms with Crippen LogP contribution in [0, 0.1) is 18.3 Å². The molecule has 1 saturated heterocycles. The molecule has 186 valence electrons. The summed E-state index contributed by atoms with van der Waals surface area (Å²) in [5.41, 5.74) is 4.82. The lowest BCUT2D eigenvalue weighted by molar-refractivity contribution is -0.132. The molecule has 1 amide bonds. The molecule has 3 rings (SSSR count). The normalized spacial score (nSPS) is 14.1. The van der Waals surface area contributed by atoms with Crippen LogP contribution >= 0.6 is 0 Å². The molecule has 0 unspecified atom stereocenters. The fourth-order valence-corrected chi connectivity index (χ4v) is 3.86. The van der Waals surface area contributed by atoms with Crippen LogP contribution in [0.4, 0.5) is 5.69 Å². The third-order valence-electron chi connectivity index (χ3n) is 5.84. The second kappa shape index (κ2) is 15.3. The number of piperazine rings is 1. The molecule has 9 nitrogen and oxygen atoms in total. The predicted octanol–water partition coefficient (Wildman–Crippen LogP) is 3.17. The van der Waals surface area contributed by atoms with Crippen LogP contribution in [-0.2, 0) is 17.6 Å². The van der Waals surface area contributed by atoms with E-state index in [0.717, 1.165) is 56.0 Å². The number of benzene rings is 2. The van der Waals surface area contributed by atoms with Gasteiger partial charge in [-0.2, -0.15) is 5.26 Å². The Hall–Kier alpha value is -3.61. The Morgan fingerprint density at radius 3 is 2.46 bits per heavy atom. The van der Waals surface area contributed by atoms with Gasteiger partial charge in [-0.15, -0.1) is 5.11 Å². The van der Waals surface area contributed by atoms with Crippen molar-refractivity contribution in [2.45, 2.75) is 33.1 Å². The van der Waals surface area contributed by atoms with Gasteiger partial charge in [-0.1, -0.05) is 42.0 Å². The van der Waals surface area contributed by atoms with Crippen molar-refractivity contribution in [3.05, 3.63) is 64.7 Å². The highest BCUT2D eigenvalue weighted by atomic mass is 16.3. The lowest BCUT2D eigenvalue weighted by Gasteiger charge is -2.34. The van der Waals surface area contributed by atoms with Gasteiger partial charge in [0.25, 0.3) is 0 Å². The average Bonchev–Trinajstić information content (AvgIpc) is 2.89. The standard InChI is InChI=1S/C18H25N3O2.C8H10N4/c1-2-18(23)21-11-9-20(10-12-21)8-6-15-4-3-5-16(14-19)17(15)7-13-22;1-7-2-4-8(5-3-7)10-6-11-12-9/h3-5,22H,2,6-13H2,1H3;2-6H,1H3,(H2,9,10,11). The summed E-state index contributed by atoms with van der Waals surface area (Å²) in [5, 5.41) is 24.9. The molecule has 1 heterocycles. The lowest BCUT2D eigenvalue weighted by Crippen LogP contribution is -2.48. The highest BCUT2D eigenvalue weighted by Crippen LogP contribution is 2.17. The Morgan fingerprint density at radius 2 is 1.86 bits per heavy atom. The van der Waals surface area contributed by atoms with Gasteiger partial charge in [0.1, 0.15) is 6.34 Å². The number of aliphatic hydroxyl groups excluding tert-OH is 1. The molecule has 0 radical (unpaired) electrons. The van der Waals surface area contributed by atoms with E-state index in [1.165, 1.54) is 11.9 Å². The summed E-state index contributed by atoms with van der Waals surface area (Å²) in [6.45, 7) is 8.30. The van der Waals surface area contributed by atoms with E-state index < -0.39 is 0 Å². The molecule has 2 aromatic rings. The van der Waals surface area contributed by atoms with Gasteiger partial charge >= 0.3 is 0 Å². The van der Waals surface area contributed by atoms with E-state index in [0.29, 0.717) is 18.4 Å². The van der Waals surface area contributed by atoms with Crippen LogP contribution in [-0.4, -0.2) is 66.5 Å². The van der Waals surface area contributed by atoms with Crippen molar-refractivity contribution in [3.63, 3.8) is 0 Å². The van der Waals surface area contributed by atoms with Gasteiger partial charge in [0, 0.05) is 45.8 Å². The number of carbonyl (C=O) groups is 1. The topological polar surface area (TPSA) is 131 Å². The number of hydrogen-bond acceptors (Lipinski definition) is 6. The number of aryl methyl sites for hydroxylation is 1. The number of amides is 1. The van der Waals surface area contributed by atoms with Gasteiger partial charge in [0.05, 0.1) is 17.3 Å². The maximum Gasteiger partial charge on any atom is 0.222 e. The number of aliphatic hydroxyl groups is 1. The molecule has 9 heteroatoms. The first kappa shape index (κ1) is 27.6. The van der Waals surface area contributed by atoms with E-state index in [9.17, 15) is 15.2 Å². The van der Waals surface area contributed by atoms with Crippen molar-refractivity contribution >= 4 is 17.9 Å². The van der Waals surface area contributed by atoms with Crippen LogP contribution in [0.25, 0.3) is 0 Å².